The zero-order valence-electron chi connectivity index (χ0n) is 11.6. The number of hydrogen-bond donors (Lipinski definition) is 1. The largest absolute Gasteiger partial charge is 0.298 e. The summed E-state index contributed by atoms with van der Waals surface area (Å²) in [5, 5.41) is 0.791. The molecule has 104 valence electrons. The minimum atomic E-state index is 0.0923. The molecule has 5 heteroatoms. The Kier molecular flexibility index (Phi) is 4.68. The lowest BCUT2D eigenvalue weighted by Gasteiger charge is -2.14. The SMILES string of the molecule is CCCC(CS)Cn1cnc2sc(C)c(C)c2c1=O. The molecule has 0 aromatic carbocycles. The van der Waals surface area contributed by atoms with E-state index in [1.54, 1.807) is 22.2 Å². The summed E-state index contributed by atoms with van der Waals surface area (Å²) in [6, 6.07) is 0. The van der Waals surface area contributed by atoms with Crippen molar-refractivity contribution in [3.05, 3.63) is 27.1 Å². The van der Waals surface area contributed by atoms with Crippen molar-refractivity contribution in [3.8, 4) is 0 Å². The molecule has 0 aliphatic carbocycles. The molecule has 2 heterocycles. The Hall–Kier alpha value is -0.810. The van der Waals surface area contributed by atoms with Crippen LogP contribution in [0.15, 0.2) is 11.1 Å². The fourth-order valence-electron chi connectivity index (χ4n) is 2.33. The fourth-order valence-corrected chi connectivity index (χ4v) is 3.61. The maximum absolute atomic E-state index is 12.5. The first-order valence-electron chi connectivity index (χ1n) is 6.64. The molecule has 2 rings (SSSR count). The number of fused-ring (bicyclic) bond motifs is 1. The molecule has 0 saturated heterocycles. The Morgan fingerprint density at radius 2 is 2.21 bits per heavy atom. The molecule has 0 amide bonds. The molecular weight excluding hydrogens is 276 g/mol. The van der Waals surface area contributed by atoms with E-state index in [1.165, 1.54) is 4.88 Å². The Balaban J connectivity index is 2.42. The number of rotatable bonds is 5. The van der Waals surface area contributed by atoms with Gasteiger partial charge in [0.15, 0.2) is 0 Å². The van der Waals surface area contributed by atoms with E-state index in [1.807, 2.05) is 13.8 Å². The number of thiophene rings is 1. The summed E-state index contributed by atoms with van der Waals surface area (Å²) in [5.74, 6) is 1.24. The normalized spacial score (nSPS) is 13.1. The van der Waals surface area contributed by atoms with Crippen LogP contribution in [0.4, 0.5) is 0 Å². The Morgan fingerprint density at radius 1 is 1.47 bits per heavy atom. The molecule has 2 aromatic rings. The zero-order chi connectivity index (χ0) is 14.0. The summed E-state index contributed by atoms with van der Waals surface area (Å²) >= 11 is 5.98. The number of aromatic nitrogens is 2. The van der Waals surface area contributed by atoms with Gasteiger partial charge in [-0.25, -0.2) is 4.98 Å². The van der Waals surface area contributed by atoms with Crippen molar-refractivity contribution in [1.82, 2.24) is 9.55 Å². The van der Waals surface area contributed by atoms with E-state index in [0.29, 0.717) is 12.5 Å². The van der Waals surface area contributed by atoms with Crippen LogP contribution in [0, 0.1) is 19.8 Å². The molecule has 0 fully saturated rings. The average Bonchev–Trinajstić information content (AvgIpc) is 2.68. The van der Waals surface area contributed by atoms with Crippen molar-refractivity contribution in [1.29, 1.82) is 0 Å². The van der Waals surface area contributed by atoms with E-state index in [-0.39, 0.29) is 5.56 Å². The van der Waals surface area contributed by atoms with Gasteiger partial charge >= 0.3 is 0 Å². The summed E-state index contributed by atoms with van der Waals surface area (Å²) < 4.78 is 1.75. The number of aryl methyl sites for hydroxylation is 2. The van der Waals surface area contributed by atoms with Gasteiger partial charge in [0.1, 0.15) is 4.83 Å². The Labute approximate surface area is 123 Å². The van der Waals surface area contributed by atoms with Crippen molar-refractivity contribution in [2.75, 3.05) is 5.75 Å². The minimum absolute atomic E-state index is 0.0923. The molecule has 0 aliphatic rings. The Bertz CT molecular complexity index is 630. The van der Waals surface area contributed by atoms with E-state index < -0.39 is 0 Å². The number of thiol groups is 1. The molecule has 0 radical (unpaired) electrons. The highest BCUT2D eigenvalue weighted by molar-refractivity contribution is 7.80. The number of hydrogen-bond acceptors (Lipinski definition) is 4. The molecule has 2 aromatic heterocycles. The third kappa shape index (κ3) is 2.87. The molecule has 19 heavy (non-hydrogen) atoms. The lowest BCUT2D eigenvalue weighted by atomic mass is 10.1. The van der Waals surface area contributed by atoms with Crippen LogP contribution in [0.25, 0.3) is 10.2 Å². The molecule has 0 bridgehead atoms. The summed E-state index contributed by atoms with van der Waals surface area (Å²) in [5.41, 5.74) is 1.17. The second kappa shape index (κ2) is 6.09. The summed E-state index contributed by atoms with van der Waals surface area (Å²) in [7, 11) is 0. The third-order valence-corrected chi connectivity index (χ3v) is 5.20. The van der Waals surface area contributed by atoms with Gasteiger partial charge < -0.3 is 0 Å². The highest BCUT2D eigenvalue weighted by atomic mass is 32.1. The van der Waals surface area contributed by atoms with Gasteiger partial charge in [0, 0.05) is 11.4 Å². The van der Waals surface area contributed by atoms with Crippen LogP contribution in [0.5, 0.6) is 0 Å². The molecule has 1 atom stereocenters. The van der Waals surface area contributed by atoms with Crippen molar-refractivity contribution >= 4 is 34.2 Å². The van der Waals surface area contributed by atoms with Gasteiger partial charge in [-0.2, -0.15) is 12.6 Å². The fraction of sp³-hybridized carbons (Fsp3) is 0.571. The predicted molar refractivity (Wildman–Crippen MR) is 85.6 cm³/mol. The van der Waals surface area contributed by atoms with Gasteiger partial charge in [-0.05, 0) is 37.5 Å². The van der Waals surface area contributed by atoms with Crippen LogP contribution in [-0.4, -0.2) is 15.3 Å². The van der Waals surface area contributed by atoms with Crippen molar-refractivity contribution in [3.63, 3.8) is 0 Å². The summed E-state index contributed by atoms with van der Waals surface area (Å²) in [6.45, 7) is 6.92. The first-order chi connectivity index (χ1) is 9.08. The lowest BCUT2D eigenvalue weighted by molar-refractivity contribution is 0.444. The molecule has 0 N–H and O–H groups in total. The number of nitrogens with zero attached hydrogens (tertiary/aromatic N) is 2. The van der Waals surface area contributed by atoms with Crippen LogP contribution in [0.2, 0.25) is 0 Å². The van der Waals surface area contributed by atoms with E-state index in [4.69, 9.17) is 0 Å². The highest BCUT2D eigenvalue weighted by Gasteiger charge is 2.14. The van der Waals surface area contributed by atoms with E-state index in [0.717, 1.165) is 34.4 Å². The van der Waals surface area contributed by atoms with Crippen molar-refractivity contribution < 1.29 is 0 Å². The van der Waals surface area contributed by atoms with E-state index >= 15 is 0 Å². The van der Waals surface area contributed by atoms with E-state index in [9.17, 15) is 4.79 Å². The van der Waals surface area contributed by atoms with Crippen LogP contribution in [-0.2, 0) is 6.54 Å². The van der Waals surface area contributed by atoms with Gasteiger partial charge in [0.2, 0.25) is 0 Å². The van der Waals surface area contributed by atoms with Gasteiger partial charge in [-0.3, -0.25) is 9.36 Å². The highest BCUT2D eigenvalue weighted by Crippen LogP contribution is 2.25. The molecule has 1 unspecified atom stereocenters. The standard InChI is InChI=1S/C14H20N2OS2/c1-4-5-11(7-18)6-16-8-15-13-12(14(16)17)9(2)10(3)19-13/h8,11,18H,4-7H2,1-3H3. The first-order valence-corrected chi connectivity index (χ1v) is 8.09. The van der Waals surface area contributed by atoms with Crippen LogP contribution in [0.3, 0.4) is 0 Å². The van der Waals surface area contributed by atoms with Gasteiger partial charge in [-0.15, -0.1) is 11.3 Å². The quantitative estimate of drug-likeness (QED) is 0.858. The predicted octanol–water partition coefficient (Wildman–Crippen LogP) is 3.42. The van der Waals surface area contributed by atoms with Crippen LogP contribution < -0.4 is 5.56 Å². The monoisotopic (exact) mass is 296 g/mol. The minimum Gasteiger partial charge on any atom is -0.298 e. The van der Waals surface area contributed by atoms with Crippen molar-refractivity contribution in [2.45, 2.75) is 40.2 Å². The average molecular weight is 296 g/mol. The molecule has 0 aliphatic heterocycles. The second-order valence-corrected chi connectivity index (χ2v) is 6.57. The zero-order valence-corrected chi connectivity index (χ0v) is 13.4. The topological polar surface area (TPSA) is 34.9 Å². The maximum atomic E-state index is 12.5. The summed E-state index contributed by atoms with van der Waals surface area (Å²) in [6.07, 6.45) is 3.90. The third-order valence-electron chi connectivity index (χ3n) is 3.57. The van der Waals surface area contributed by atoms with Gasteiger partial charge in [0.25, 0.3) is 5.56 Å². The Morgan fingerprint density at radius 3 is 2.84 bits per heavy atom. The van der Waals surface area contributed by atoms with Crippen molar-refractivity contribution in [2.24, 2.45) is 5.92 Å². The maximum Gasteiger partial charge on any atom is 0.262 e. The lowest BCUT2D eigenvalue weighted by Crippen LogP contribution is -2.25. The molecular formula is C14H20N2OS2. The smallest absolute Gasteiger partial charge is 0.262 e. The molecule has 3 nitrogen and oxygen atoms in total. The molecule has 0 spiro atoms. The van der Waals surface area contributed by atoms with Crippen LogP contribution >= 0.6 is 24.0 Å². The molecule has 0 saturated carbocycles. The summed E-state index contributed by atoms with van der Waals surface area (Å²) in [4.78, 5) is 19.0. The van der Waals surface area contributed by atoms with Gasteiger partial charge in [0.05, 0.1) is 11.7 Å². The van der Waals surface area contributed by atoms with Gasteiger partial charge in [-0.1, -0.05) is 13.3 Å². The van der Waals surface area contributed by atoms with Crippen LogP contribution in [0.1, 0.15) is 30.2 Å². The second-order valence-electron chi connectivity index (χ2n) is 5.00. The van der Waals surface area contributed by atoms with E-state index in [2.05, 4.69) is 24.5 Å². The first kappa shape index (κ1) is 14.6.